The number of benzene rings is 1. The number of anilines is 1. The zero-order chi connectivity index (χ0) is 9.26. The topological polar surface area (TPSA) is 12.0 Å². The zero-order valence-corrected chi connectivity index (χ0v) is 7.70. The first-order valence-electron chi connectivity index (χ1n) is 4.07. The molecule has 1 aromatic rings. The largest absolute Gasteiger partial charge is 0.383 e. The number of fused-ring (bicyclic) bond motifs is 1. The Morgan fingerprint density at radius 1 is 1.38 bits per heavy atom. The van der Waals surface area contributed by atoms with E-state index in [-0.39, 0.29) is 5.56 Å². The lowest BCUT2D eigenvalue weighted by Gasteiger charge is -2.19. The molecule has 0 saturated heterocycles. The second-order valence-corrected chi connectivity index (χ2v) is 3.91. The van der Waals surface area contributed by atoms with Gasteiger partial charge in [-0.1, -0.05) is 12.1 Å². The van der Waals surface area contributed by atoms with E-state index in [1.807, 2.05) is 6.07 Å². The molecule has 1 aliphatic heterocycles. The molecule has 0 aromatic heterocycles. The third-order valence-corrected chi connectivity index (χ3v) is 3.10. The molecule has 0 fully saturated rings. The minimum absolute atomic E-state index is 0.148. The van der Waals surface area contributed by atoms with Gasteiger partial charge in [-0.3, -0.25) is 0 Å². The summed E-state index contributed by atoms with van der Waals surface area (Å²) < 4.78 is 25.0. The average Bonchev–Trinajstić information content (AvgIpc) is 2.17. The Bertz CT molecular complexity index is 314. The van der Waals surface area contributed by atoms with Gasteiger partial charge >= 0.3 is 0 Å². The monoisotopic (exact) mass is 201 g/mol. The molecule has 13 heavy (non-hydrogen) atoms. The first-order valence-corrected chi connectivity index (χ1v) is 5.05. The quantitative estimate of drug-likeness (QED) is 0.749. The lowest BCUT2D eigenvalue weighted by atomic mass is 10.2. The van der Waals surface area contributed by atoms with E-state index >= 15 is 0 Å². The minimum atomic E-state index is -2.37. The third kappa shape index (κ3) is 1.63. The van der Waals surface area contributed by atoms with Crippen molar-refractivity contribution in [2.45, 2.75) is 11.3 Å². The van der Waals surface area contributed by atoms with Crippen LogP contribution in [0.1, 0.15) is 12.0 Å². The molecule has 4 heteroatoms. The molecule has 1 aromatic carbocycles. The van der Waals surface area contributed by atoms with E-state index in [0.29, 0.717) is 4.90 Å². The molecule has 70 valence electrons. The fourth-order valence-electron chi connectivity index (χ4n) is 1.37. The van der Waals surface area contributed by atoms with Gasteiger partial charge in [0.25, 0.3) is 6.43 Å². The summed E-state index contributed by atoms with van der Waals surface area (Å²) in [7, 11) is 0. The number of rotatable bonds is 1. The van der Waals surface area contributed by atoms with Crippen molar-refractivity contribution >= 4 is 17.4 Å². The smallest absolute Gasteiger partial charge is 0.265 e. The molecule has 0 atom stereocenters. The normalized spacial score (nSPS) is 15.3. The number of halogens is 2. The predicted molar refractivity (Wildman–Crippen MR) is 50.6 cm³/mol. The molecule has 0 bridgehead atoms. The van der Waals surface area contributed by atoms with Crippen LogP contribution in [0.4, 0.5) is 14.5 Å². The molecule has 2 rings (SSSR count). The maximum absolute atomic E-state index is 12.5. The second kappa shape index (κ2) is 3.54. The molecule has 1 heterocycles. The molecule has 0 spiro atoms. The van der Waals surface area contributed by atoms with E-state index in [9.17, 15) is 8.78 Å². The molecule has 1 N–H and O–H groups in total. The molecule has 0 aliphatic carbocycles. The Labute approximate surface area is 79.5 Å². The van der Waals surface area contributed by atoms with E-state index in [1.165, 1.54) is 17.8 Å². The Hall–Kier alpha value is -0.770. The summed E-state index contributed by atoms with van der Waals surface area (Å²) in [6, 6.07) is 5.00. The van der Waals surface area contributed by atoms with E-state index in [0.717, 1.165) is 18.0 Å². The first kappa shape index (κ1) is 8.81. The van der Waals surface area contributed by atoms with Gasteiger partial charge in [0.05, 0.1) is 0 Å². The number of hydrogen-bond donors (Lipinski definition) is 1. The second-order valence-electron chi connectivity index (χ2n) is 2.80. The standard InChI is InChI=1S/C9H9F2NS/c10-9(11)6-2-1-3-7-8(6)13-5-4-12-7/h1-3,9,12H,4-5H2. The highest BCUT2D eigenvalue weighted by Gasteiger charge is 2.18. The van der Waals surface area contributed by atoms with Crippen molar-refractivity contribution in [2.24, 2.45) is 0 Å². The van der Waals surface area contributed by atoms with Crippen LogP contribution in [-0.4, -0.2) is 12.3 Å². The summed E-state index contributed by atoms with van der Waals surface area (Å²) in [5.41, 5.74) is 0.990. The number of nitrogens with one attached hydrogen (secondary N) is 1. The Balaban J connectivity index is 2.46. The van der Waals surface area contributed by atoms with Crippen LogP contribution in [0.15, 0.2) is 23.1 Å². The SMILES string of the molecule is FC(F)c1cccc2c1SCCN2. The maximum Gasteiger partial charge on any atom is 0.265 e. The summed E-state index contributed by atoms with van der Waals surface area (Å²) in [6.07, 6.45) is -2.37. The summed E-state index contributed by atoms with van der Waals surface area (Å²) in [4.78, 5) is 0.712. The highest BCUT2D eigenvalue weighted by atomic mass is 32.2. The van der Waals surface area contributed by atoms with Gasteiger partial charge in [0.1, 0.15) is 0 Å². The lowest BCUT2D eigenvalue weighted by molar-refractivity contribution is 0.148. The van der Waals surface area contributed by atoms with Gasteiger partial charge in [0, 0.05) is 28.4 Å². The molecular formula is C9H9F2NS. The van der Waals surface area contributed by atoms with E-state index in [4.69, 9.17) is 0 Å². The van der Waals surface area contributed by atoms with Gasteiger partial charge in [-0.2, -0.15) is 0 Å². The van der Waals surface area contributed by atoms with Gasteiger partial charge in [-0.25, -0.2) is 8.78 Å². The van der Waals surface area contributed by atoms with Crippen LogP contribution in [0.2, 0.25) is 0 Å². The number of thioether (sulfide) groups is 1. The molecule has 0 unspecified atom stereocenters. The van der Waals surface area contributed by atoms with E-state index in [1.54, 1.807) is 6.07 Å². The molecule has 0 amide bonds. The van der Waals surface area contributed by atoms with Gasteiger partial charge in [-0.05, 0) is 6.07 Å². The van der Waals surface area contributed by atoms with Crippen LogP contribution in [-0.2, 0) is 0 Å². The van der Waals surface area contributed by atoms with E-state index < -0.39 is 6.43 Å². The summed E-state index contributed by atoms with van der Waals surface area (Å²) in [6.45, 7) is 0.852. The highest BCUT2D eigenvalue weighted by Crippen LogP contribution is 2.38. The number of alkyl halides is 2. The van der Waals surface area contributed by atoms with Gasteiger partial charge in [0.15, 0.2) is 0 Å². The van der Waals surface area contributed by atoms with Crippen molar-refractivity contribution in [3.05, 3.63) is 23.8 Å². The van der Waals surface area contributed by atoms with Gasteiger partial charge in [0.2, 0.25) is 0 Å². The van der Waals surface area contributed by atoms with Crippen LogP contribution >= 0.6 is 11.8 Å². The van der Waals surface area contributed by atoms with Crippen molar-refractivity contribution in [3.8, 4) is 0 Å². The molecule has 0 saturated carbocycles. The minimum Gasteiger partial charge on any atom is -0.383 e. The van der Waals surface area contributed by atoms with Crippen LogP contribution in [0, 0.1) is 0 Å². The Kier molecular flexibility index (Phi) is 2.40. The molecule has 1 nitrogen and oxygen atoms in total. The average molecular weight is 201 g/mol. The van der Waals surface area contributed by atoms with Crippen molar-refractivity contribution in [1.82, 2.24) is 0 Å². The van der Waals surface area contributed by atoms with Crippen LogP contribution in [0.3, 0.4) is 0 Å². The maximum atomic E-state index is 12.5. The van der Waals surface area contributed by atoms with E-state index in [2.05, 4.69) is 5.32 Å². The predicted octanol–water partition coefficient (Wildman–Crippen LogP) is 3.14. The zero-order valence-electron chi connectivity index (χ0n) is 6.89. The van der Waals surface area contributed by atoms with Crippen molar-refractivity contribution < 1.29 is 8.78 Å². The van der Waals surface area contributed by atoms with Crippen molar-refractivity contribution in [1.29, 1.82) is 0 Å². The van der Waals surface area contributed by atoms with Crippen molar-refractivity contribution in [3.63, 3.8) is 0 Å². The fraction of sp³-hybridized carbons (Fsp3) is 0.333. The van der Waals surface area contributed by atoms with Crippen molar-refractivity contribution in [2.75, 3.05) is 17.6 Å². The fourth-order valence-corrected chi connectivity index (χ4v) is 2.39. The van der Waals surface area contributed by atoms with Gasteiger partial charge in [-0.15, -0.1) is 11.8 Å². The molecule has 1 aliphatic rings. The molecule has 0 radical (unpaired) electrons. The summed E-state index contributed by atoms with van der Waals surface area (Å²) >= 11 is 1.50. The Morgan fingerprint density at radius 3 is 3.00 bits per heavy atom. The van der Waals surface area contributed by atoms with Crippen LogP contribution in [0.5, 0.6) is 0 Å². The summed E-state index contributed by atoms with van der Waals surface area (Å²) in [5, 5.41) is 3.10. The van der Waals surface area contributed by atoms with Crippen LogP contribution in [0.25, 0.3) is 0 Å². The van der Waals surface area contributed by atoms with Gasteiger partial charge < -0.3 is 5.32 Å². The number of hydrogen-bond acceptors (Lipinski definition) is 2. The first-order chi connectivity index (χ1) is 6.29. The Morgan fingerprint density at radius 2 is 2.23 bits per heavy atom. The third-order valence-electron chi connectivity index (χ3n) is 1.94. The lowest BCUT2D eigenvalue weighted by Crippen LogP contribution is -2.11. The summed E-state index contributed by atoms with van der Waals surface area (Å²) in [5.74, 6) is 0.858. The van der Waals surface area contributed by atoms with Crippen LogP contribution < -0.4 is 5.32 Å². The molecular weight excluding hydrogens is 192 g/mol. The highest BCUT2D eigenvalue weighted by molar-refractivity contribution is 7.99.